The number of nitrogens with zero attached hydrogens (tertiary/aromatic N) is 3. The number of benzene rings is 1. The summed E-state index contributed by atoms with van der Waals surface area (Å²) in [6.07, 6.45) is 3.84. The van der Waals surface area contributed by atoms with Gasteiger partial charge >= 0.3 is 5.69 Å². The van der Waals surface area contributed by atoms with Gasteiger partial charge in [-0.25, -0.2) is 14.8 Å². The smallest absolute Gasteiger partial charge is 0.335 e. The number of pyridine rings is 1. The molecule has 0 saturated carbocycles. The molecule has 142 valence electrons. The summed E-state index contributed by atoms with van der Waals surface area (Å²) in [6, 6.07) is 9.30. The molecule has 2 heterocycles. The van der Waals surface area contributed by atoms with Crippen molar-refractivity contribution in [2.75, 3.05) is 7.11 Å². The number of amides is 1. The quantitative estimate of drug-likeness (QED) is 0.432. The Labute approximate surface area is 157 Å². The number of carbonyl (C=O) groups excluding carboxylic acids is 1. The maximum atomic E-state index is 12.2. The Morgan fingerprint density at radius 1 is 1.29 bits per heavy atom. The number of H-pyrrole nitrogens is 1. The van der Waals surface area contributed by atoms with Gasteiger partial charge in [-0.15, -0.1) is 0 Å². The lowest BCUT2D eigenvalue weighted by Gasteiger charge is -2.10. The first-order valence-electron chi connectivity index (χ1n) is 7.97. The number of aromatic amines is 1. The second kappa shape index (κ2) is 7.99. The molecule has 2 aromatic heterocycles. The minimum atomic E-state index is -0.858. The third-order valence-corrected chi connectivity index (χ3v) is 3.73. The highest BCUT2D eigenvalue weighted by Gasteiger charge is 2.15. The molecular formula is C18H15N5O5. The van der Waals surface area contributed by atoms with Gasteiger partial charge in [-0.05, 0) is 24.3 Å². The Kier molecular flexibility index (Phi) is 5.30. The van der Waals surface area contributed by atoms with E-state index in [2.05, 4.69) is 20.5 Å². The van der Waals surface area contributed by atoms with E-state index in [1.165, 1.54) is 37.7 Å². The van der Waals surface area contributed by atoms with Crippen LogP contribution in [0.25, 0.3) is 5.69 Å². The molecule has 28 heavy (non-hydrogen) atoms. The summed E-state index contributed by atoms with van der Waals surface area (Å²) in [5, 5.41) is 14.1. The van der Waals surface area contributed by atoms with Gasteiger partial charge in [0.25, 0.3) is 11.5 Å². The molecule has 1 amide bonds. The maximum absolute atomic E-state index is 12.2. The van der Waals surface area contributed by atoms with Crippen LogP contribution in [0.1, 0.15) is 15.9 Å². The molecule has 10 nitrogen and oxygen atoms in total. The first-order valence-corrected chi connectivity index (χ1v) is 7.97. The molecule has 0 unspecified atom stereocenters. The van der Waals surface area contributed by atoms with Crippen LogP contribution in [0.2, 0.25) is 0 Å². The van der Waals surface area contributed by atoms with E-state index < -0.39 is 23.0 Å². The topological polar surface area (TPSA) is 139 Å². The van der Waals surface area contributed by atoms with Gasteiger partial charge in [0, 0.05) is 24.0 Å². The van der Waals surface area contributed by atoms with Crippen molar-refractivity contribution in [2.45, 2.75) is 0 Å². The average Bonchev–Trinajstić information content (AvgIpc) is 2.71. The number of carbonyl (C=O) groups is 1. The van der Waals surface area contributed by atoms with Gasteiger partial charge in [0.05, 0.1) is 19.0 Å². The van der Waals surface area contributed by atoms with Crippen molar-refractivity contribution in [2.24, 2.45) is 5.10 Å². The first-order chi connectivity index (χ1) is 13.5. The molecule has 0 aliphatic heterocycles. The normalized spacial score (nSPS) is 10.8. The lowest BCUT2D eigenvalue weighted by molar-refractivity contribution is 0.0955. The number of aromatic nitrogens is 3. The lowest BCUT2D eigenvalue weighted by Crippen LogP contribution is -2.31. The molecular weight excluding hydrogens is 366 g/mol. The molecule has 0 bridgehead atoms. The van der Waals surface area contributed by atoms with E-state index in [0.717, 1.165) is 10.8 Å². The average molecular weight is 381 g/mol. The lowest BCUT2D eigenvalue weighted by atomic mass is 10.2. The van der Waals surface area contributed by atoms with Crippen LogP contribution in [-0.2, 0) is 0 Å². The third kappa shape index (κ3) is 3.80. The Bertz CT molecular complexity index is 1150. The van der Waals surface area contributed by atoms with Crippen LogP contribution in [0.4, 0.5) is 0 Å². The summed E-state index contributed by atoms with van der Waals surface area (Å²) in [5.74, 6) is -0.713. The van der Waals surface area contributed by atoms with E-state index in [9.17, 15) is 19.5 Å². The van der Waals surface area contributed by atoms with E-state index in [1.807, 2.05) is 0 Å². The zero-order valence-corrected chi connectivity index (χ0v) is 14.6. The van der Waals surface area contributed by atoms with Gasteiger partial charge in [-0.2, -0.15) is 5.10 Å². The SMILES string of the molecule is COc1cccc(-n2c(O)c(/C=N/NC(=O)c3ccncc3)c(=O)[nH]c2=O)c1. The molecule has 0 saturated heterocycles. The highest BCUT2D eigenvalue weighted by molar-refractivity contribution is 5.94. The van der Waals surface area contributed by atoms with Gasteiger partial charge < -0.3 is 9.84 Å². The minimum absolute atomic E-state index is 0.272. The van der Waals surface area contributed by atoms with Crippen LogP contribution >= 0.6 is 0 Å². The third-order valence-electron chi connectivity index (χ3n) is 3.73. The summed E-state index contributed by atoms with van der Waals surface area (Å²) < 4.78 is 5.98. The zero-order valence-electron chi connectivity index (χ0n) is 14.6. The number of hydrogen-bond donors (Lipinski definition) is 3. The fourth-order valence-corrected chi connectivity index (χ4v) is 2.37. The molecule has 0 fully saturated rings. The molecule has 0 atom stereocenters. The Morgan fingerprint density at radius 2 is 2.04 bits per heavy atom. The summed E-state index contributed by atoms with van der Waals surface area (Å²) in [4.78, 5) is 42.1. The van der Waals surface area contributed by atoms with Gasteiger partial charge in [-0.3, -0.25) is 19.6 Å². The van der Waals surface area contributed by atoms with Crippen molar-refractivity contribution in [1.29, 1.82) is 0 Å². The van der Waals surface area contributed by atoms with Crippen molar-refractivity contribution in [3.63, 3.8) is 0 Å². The van der Waals surface area contributed by atoms with Crippen LogP contribution in [0, 0.1) is 0 Å². The minimum Gasteiger partial charge on any atom is -0.497 e. The second-order valence-electron chi connectivity index (χ2n) is 5.47. The van der Waals surface area contributed by atoms with E-state index in [-0.39, 0.29) is 11.3 Å². The van der Waals surface area contributed by atoms with Crippen molar-refractivity contribution in [3.05, 3.63) is 80.8 Å². The highest BCUT2D eigenvalue weighted by atomic mass is 16.5. The summed E-state index contributed by atoms with van der Waals surface area (Å²) in [7, 11) is 1.46. The molecule has 0 aliphatic carbocycles. The van der Waals surface area contributed by atoms with Crippen molar-refractivity contribution in [1.82, 2.24) is 20.0 Å². The summed E-state index contributed by atoms with van der Waals surface area (Å²) in [5.41, 5.74) is 0.804. The number of ether oxygens (including phenoxy) is 1. The molecule has 1 aromatic carbocycles. The molecule has 10 heteroatoms. The number of hydrazone groups is 1. The van der Waals surface area contributed by atoms with Gasteiger partial charge in [0.2, 0.25) is 5.88 Å². The Balaban J connectivity index is 1.95. The van der Waals surface area contributed by atoms with Crippen LogP contribution in [0.15, 0.2) is 63.5 Å². The first kappa shape index (κ1) is 18.6. The molecule has 0 aliphatic rings. The predicted molar refractivity (Wildman–Crippen MR) is 100 cm³/mol. The van der Waals surface area contributed by atoms with Crippen molar-refractivity contribution in [3.8, 4) is 17.3 Å². The van der Waals surface area contributed by atoms with Crippen molar-refractivity contribution >= 4 is 12.1 Å². The van der Waals surface area contributed by atoms with Gasteiger partial charge in [0.1, 0.15) is 11.3 Å². The second-order valence-corrected chi connectivity index (χ2v) is 5.47. The molecule has 3 N–H and O–H groups in total. The van der Waals surface area contributed by atoms with E-state index >= 15 is 0 Å². The van der Waals surface area contributed by atoms with E-state index in [0.29, 0.717) is 11.3 Å². The number of aromatic hydroxyl groups is 1. The highest BCUT2D eigenvalue weighted by Crippen LogP contribution is 2.19. The fraction of sp³-hybridized carbons (Fsp3) is 0.0556. The fourth-order valence-electron chi connectivity index (χ4n) is 2.37. The number of rotatable bonds is 5. The number of nitrogens with one attached hydrogen (secondary N) is 2. The van der Waals surface area contributed by atoms with Crippen molar-refractivity contribution < 1.29 is 14.6 Å². The van der Waals surface area contributed by atoms with Crippen LogP contribution < -0.4 is 21.4 Å². The largest absolute Gasteiger partial charge is 0.497 e. The van der Waals surface area contributed by atoms with Crippen LogP contribution in [0.5, 0.6) is 11.6 Å². The molecule has 3 aromatic rings. The molecule has 3 rings (SSSR count). The monoisotopic (exact) mass is 381 g/mol. The standard InChI is InChI=1S/C18H15N5O5/c1-28-13-4-2-3-12(9-13)23-17(26)14(16(25)21-18(23)27)10-20-22-15(24)11-5-7-19-8-6-11/h2-10,26H,1H3,(H,22,24)(H,21,25,27)/b20-10+. The van der Waals surface area contributed by atoms with E-state index in [4.69, 9.17) is 4.74 Å². The summed E-state index contributed by atoms with van der Waals surface area (Å²) in [6.45, 7) is 0. The Hall–Kier alpha value is -4.21. The Morgan fingerprint density at radius 3 is 2.75 bits per heavy atom. The predicted octanol–water partition coefficient (Wildman–Crippen LogP) is 0.399. The number of hydrogen-bond acceptors (Lipinski definition) is 7. The zero-order chi connectivity index (χ0) is 20.1. The molecule has 0 radical (unpaired) electrons. The summed E-state index contributed by atoms with van der Waals surface area (Å²) >= 11 is 0. The molecule has 0 spiro atoms. The number of methoxy groups -OCH3 is 1. The van der Waals surface area contributed by atoms with E-state index in [1.54, 1.807) is 18.2 Å². The van der Waals surface area contributed by atoms with Crippen LogP contribution in [-0.4, -0.2) is 38.9 Å². The van der Waals surface area contributed by atoms with Crippen LogP contribution in [0.3, 0.4) is 0 Å². The van der Waals surface area contributed by atoms with Gasteiger partial charge in [0.15, 0.2) is 0 Å². The maximum Gasteiger partial charge on any atom is 0.335 e. The van der Waals surface area contributed by atoms with Gasteiger partial charge in [-0.1, -0.05) is 6.07 Å².